The molecule has 0 aliphatic carbocycles. The largest absolute Gasteiger partial charge is 0.479 e. The summed E-state index contributed by atoms with van der Waals surface area (Å²) >= 11 is 0. The first-order chi connectivity index (χ1) is 9.20. The fraction of sp³-hybridized carbons (Fsp3) is 0.438. The van der Waals surface area contributed by atoms with Crippen LogP contribution in [-0.4, -0.2) is 12.4 Å². The second kappa shape index (κ2) is 6.41. The molecule has 2 rings (SSSR count). The number of hydrogen-bond acceptors (Lipinski definition) is 3. The molecule has 1 aliphatic rings. The highest BCUT2D eigenvalue weighted by Gasteiger charge is 2.23. The van der Waals surface area contributed by atoms with Gasteiger partial charge in [-0.15, -0.1) is 0 Å². The average molecular weight is 259 g/mol. The Balaban J connectivity index is 2.06. The third kappa shape index (κ3) is 3.60. The number of allylic oxidation sites excluding steroid dienone is 1. The van der Waals surface area contributed by atoms with Crippen LogP contribution in [0, 0.1) is 5.92 Å². The molecule has 1 N–H and O–H groups in total. The van der Waals surface area contributed by atoms with Crippen LogP contribution in [-0.2, 0) is 16.1 Å². The molecular weight excluding hydrogens is 238 g/mol. The van der Waals surface area contributed by atoms with E-state index < -0.39 is 0 Å². The minimum Gasteiger partial charge on any atom is -0.479 e. The second-order valence-corrected chi connectivity index (χ2v) is 4.99. The third-order valence-corrected chi connectivity index (χ3v) is 3.53. The van der Waals surface area contributed by atoms with E-state index in [0.29, 0.717) is 25.0 Å². The van der Waals surface area contributed by atoms with Gasteiger partial charge in [0.25, 0.3) is 0 Å². The predicted molar refractivity (Wildman–Crippen MR) is 75.3 cm³/mol. The molecule has 0 bridgehead atoms. The fourth-order valence-electron chi connectivity index (χ4n) is 2.23. The topological polar surface area (TPSA) is 38.3 Å². The summed E-state index contributed by atoms with van der Waals surface area (Å²) in [6.45, 7) is 5.13. The Morgan fingerprint density at radius 2 is 2.11 bits per heavy atom. The van der Waals surface area contributed by atoms with Gasteiger partial charge in [-0.25, -0.2) is 0 Å². The Hall–Kier alpha value is -1.77. The second-order valence-electron chi connectivity index (χ2n) is 4.99. The summed E-state index contributed by atoms with van der Waals surface area (Å²) in [7, 11) is 0. The van der Waals surface area contributed by atoms with E-state index in [9.17, 15) is 4.79 Å². The number of carbonyl (C=O) groups excluding carboxylic acids is 1. The Bertz CT molecular complexity index is 465. The molecule has 0 saturated carbocycles. The van der Waals surface area contributed by atoms with E-state index in [-0.39, 0.29) is 5.78 Å². The van der Waals surface area contributed by atoms with Crippen molar-refractivity contribution in [2.75, 3.05) is 6.61 Å². The molecule has 0 aromatic heterocycles. The molecule has 102 valence electrons. The van der Waals surface area contributed by atoms with Crippen molar-refractivity contribution in [3.05, 3.63) is 47.4 Å². The molecule has 1 heterocycles. The summed E-state index contributed by atoms with van der Waals surface area (Å²) in [5.41, 5.74) is 1.98. The van der Waals surface area contributed by atoms with Crippen LogP contribution < -0.4 is 5.32 Å². The van der Waals surface area contributed by atoms with Crippen LogP contribution in [0.15, 0.2) is 41.8 Å². The number of rotatable bonds is 5. The summed E-state index contributed by atoms with van der Waals surface area (Å²) in [5.74, 6) is 1.23. The van der Waals surface area contributed by atoms with E-state index in [1.54, 1.807) is 6.92 Å². The molecule has 0 fully saturated rings. The molecule has 0 saturated heterocycles. The zero-order valence-corrected chi connectivity index (χ0v) is 11.6. The van der Waals surface area contributed by atoms with Crippen LogP contribution in [0.25, 0.3) is 0 Å². The van der Waals surface area contributed by atoms with E-state index >= 15 is 0 Å². The van der Waals surface area contributed by atoms with Crippen molar-refractivity contribution in [1.82, 2.24) is 5.32 Å². The minimum atomic E-state index is 0.105. The first kappa shape index (κ1) is 13.7. The van der Waals surface area contributed by atoms with Crippen LogP contribution in [0.2, 0.25) is 0 Å². The highest BCUT2D eigenvalue weighted by molar-refractivity contribution is 5.93. The third-order valence-electron chi connectivity index (χ3n) is 3.53. The Kier molecular flexibility index (Phi) is 4.61. The van der Waals surface area contributed by atoms with Crippen LogP contribution in [0.1, 0.15) is 32.3 Å². The number of hydrogen-bond donors (Lipinski definition) is 1. The summed E-state index contributed by atoms with van der Waals surface area (Å²) in [6, 6.07) is 10.1. The molecule has 3 heteroatoms. The van der Waals surface area contributed by atoms with Gasteiger partial charge in [-0.05, 0) is 31.2 Å². The molecular formula is C16H21NO2. The standard InChI is InChI=1S/C16H21NO2/c1-3-13-9-15(12(2)18)16(19-11-13)17-10-14-7-5-4-6-8-14/h4-8,13,17H,3,9-11H2,1-2H3. The smallest absolute Gasteiger partial charge is 0.193 e. The lowest BCUT2D eigenvalue weighted by molar-refractivity contribution is -0.114. The Morgan fingerprint density at radius 3 is 2.74 bits per heavy atom. The van der Waals surface area contributed by atoms with Crippen molar-refractivity contribution < 1.29 is 9.53 Å². The molecule has 3 nitrogen and oxygen atoms in total. The molecule has 0 spiro atoms. The van der Waals surface area contributed by atoms with Crippen LogP contribution in [0.3, 0.4) is 0 Å². The van der Waals surface area contributed by atoms with Crippen LogP contribution >= 0.6 is 0 Å². The van der Waals surface area contributed by atoms with Gasteiger partial charge in [-0.3, -0.25) is 4.79 Å². The molecule has 1 aliphatic heterocycles. The number of ketones is 1. The number of nitrogens with one attached hydrogen (secondary N) is 1. The lowest BCUT2D eigenvalue weighted by Gasteiger charge is -2.26. The van der Waals surface area contributed by atoms with E-state index in [2.05, 4.69) is 24.4 Å². The number of ether oxygens (including phenoxy) is 1. The van der Waals surface area contributed by atoms with Gasteiger partial charge in [0, 0.05) is 6.54 Å². The summed E-state index contributed by atoms with van der Waals surface area (Å²) in [5, 5.41) is 3.25. The maximum atomic E-state index is 11.7. The predicted octanol–water partition coefficient (Wildman–Crippen LogP) is 3.02. The fourth-order valence-corrected chi connectivity index (χ4v) is 2.23. The van der Waals surface area contributed by atoms with Crippen molar-refractivity contribution in [3.63, 3.8) is 0 Å². The Morgan fingerprint density at radius 1 is 1.37 bits per heavy atom. The maximum absolute atomic E-state index is 11.7. The molecule has 0 radical (unpaired) electrons. The molecule has 19 heavy (non-hydrogen) atoms. The SMILES string of the molecule is CCC1COC(NCc2ccccc2)=C(C(C)=O)C1. The highest BCUT2D eigenvalue weighted by atomic mass is 16.5. The van der Waals surface area contributed by atoms with Gasteiger partial charge in [0.1, 0.15) is 0 Å². The first-order valence-electron chi connectivity index (χ1n) is 6.85. The van der Waals surface area contributed by atoms with Gasteiger partial charge in [0.05, 0.1) is 12.2 Å². The normalized spacial score (nSPS) is 18.9. The molecule has 0 amide bonds. The van der Waals surface area contributed by atoms with Gasteiger partial charge < -0.3 is 10.1 Å². The van der Waals surface area contributed by atoms with Gasteiger partial charge in [-0.2, -0.15) is 0 Å². The minimum absolute atomic E-state index is 0.105. The van der Waals surface area contributed by atoms with Crippen molar-refractivity contribution in [1.29, 1.82) is 0 Å². The van der Waals surface area contributed by atoms with Gasteiger partial charge in [0.2, 0.25) is 0 Å². The monoisotopic (exact) mass is 259 g/mol. The Labute approximate surface area is 114 Å². The number of Topliss-reactive ketones (excluding diaryl/α,β-unsaturated/α-hetero) is 1. The van der Waals surface area contributed by atoms with Crippen molar-refractivity contribution in [3.8, 4) is 0 Å². The van der Waals surface area contributed by atoms with Crippen molar-refractivity contribution >= 4 is 5.78 Å². The molecule has 1 aromatic rings. The van der Waals surface area contributed by atoms with E-state index in [1.165, 1.54) is 5.56 Å². The van der Waals surface area contributed by atoms with E-state index in [1.807, 2.05) is 18.2 Å². The van der Waals surface area contributed by atoms with E-state index in [4.69, 9.17) is 4.74 Å². The quantitative estimate of drug-likeness (QED) is 0.883. The lowest BCUT2D eigenvalue weighted by Crippen LogP contribution is -2.27. The molecule has 1 unspecified atom stereocenters. The number of benzene rings is 1. The average Bonchev–Trinajstić information content (AvgIpc) is 2.46. The summed E-state index contributed by atoms with van der Waals surface area (Å²) in [4.78, 5) is 11.7. The zero-order chi connectivity index (χ0) is 13.7. The van der Waals surface area contributed by atoms with Crippen LogP contribution in [0.4, 0.5) is 0 Å². The number of carbonyl (C=O) groups is 1. The maximum Gasteiger partial charge on any atom is 0.193 e. The summed E-state index contributed by atoms with van der Waals surface area (Å²) in [6.07, 6.45) is 1.87. The van der Waals surface area contributed by atoms with Crippen molar-refractivity contribution in [2.24, 2.45) is 5.92 Å². The van der Waals surface area contributed by atoms with E-state index in [0.717, 1.165) is 18.4 Å². The highest BCUT2D eigenvalue weighted by Crippen LogP contribution is 2.25. The first-order valence-corrected chi connectivity index (χ1v) is 6.85. The zero-order valence-electron chi connectivity index (χ0n) is 11.6. The molecule has 1 atom stereocenters. The van der Waals surface area contributed by atoms with Gasteiger partial charge in [-0.1, -0.05) is 37.3 Å². The van der Waals surface area contributed by atoms with Crippen LogP contribution in [0.5, 0.6) is 0 Å². The molecule has 1 aromatic carbocycles. The summed E-state index contributed by atoms with van der Waals surface area (Å²) < 4.78 is 5.72. The van der Waals surface area contributed by atoms with Crippen molar-refractivity contribution in [2.45, 2.75) is 33.2 Å². The van der Waals surface area contributed by atoms with Gasteiger partial charge in [0.15, 0.2) is 11.7 Å². The lowest BCUT2D eigenvalue weighted by atomic mass is 9.94. The van der Waals surface area contributed by atoms with Gasteiger partial charge >= 0.3 is 0 Å².